The van der Waals surface area contributed by atoms with Crippen molar-refractivity contribution in [1.29, 1.82) is 0 Å². The van der Waals surface area contributed by atoms with Gasteiger partial charge in [0.25, 0.3) is 0 Å². The predicted molar refractivity (Wildman–Crippen MR) is 72.7 cm³/mol. The molecule has 2 N–H and O–H groups in total. The number of piperidine rings is 1. The SMILES string of the molecule is CN(C)C(=O)NCCNC1CCN2CCCCC12. The van der Waals surface area contributed by atoms with Crippen LogP contribution in [0.2, 0.25) is 0 Å². The van der Waals surface area contributed by atoms with Crippen molar-refractivity contribution < 1.29 is 4.79 Å². The normalized spacial score (nSPS) is 27.9. The van der Waals surface area contributed by atoms with Gasteiger partial charge in [0.2, 0.25) is 0 Å². The molecule has 104 valence electrons. The summed E-state index contributed by atoms with van der Waals surface area (Å²) in [6.07, 6.45) is 5.33. The Balaban J connectivity index is 1.63. The fraction of sp³-hybridized carbons (Fsp3) is 0.923. The van der Waals surface area contributed by atoms with Gasteiger partial charge in [0.15, 0.2) is 0 Å². The fourth-order valence-electron chi connectivity index (χ4n) is 3.07. The lowest BCUT2D eigenvalue weighted by atomic mass is 9.99. The maximum absolute atomic E-state index is 11.3. The van der Waals surface area contributed by atoms with Gasteiger partial charge in [-0.3, -0.25) is 4.90 Å². The summed E-state index contributed by atoms with van der Waals surface area (Å²) in [5, 5.41) is 6.49. The van der Waals surface area contributed by atoms with Crippen LogP contribution in [0, 0.1) is 0 Å². The average molecular weight is 254 g/mol. The Morgan fingerprint density at radius 1 is 1.22 bits per heavy atom. The molecule has 0 aromatic rings. The summed E-state index contributed by atoms with van der Waals surface area (Å²) >= 11 is 0. The van der Waals surface area contributed by atoms with Crippen LogP contribution in [0.3, 0.4) is 0 Å². The highest BCUT2D eigenvalue weighted by Crippen LogP contribution is 2.26. The van der Waals surface area contributed by atoms with Gasteiger partial charge in [-0.1, -0.05) is 6.42 Å². The fourth-order valence-corrected chi connectivity index (χ4v) is 3.07. The maximum Gasteiger partial charge on any atom is 0.316 e. The molecule has 0 aliphatic carbocycles. The molecule has 18 heavy (non-hydrogen) atoms. The summed E-state index contributed by atoms with van der Waals surface area (Å²) in [6.45, 7) is 4.10. The molecule has 2 aliphatic heterocycles. The summed E-state index contributed by atoms with van der Waals surface area (Å²) in [5.41, 5.74) is 0. The van der Waals surface area contributed by atoms with Crippen LogP contribution >= 0.6 is 0 Å². The lowest BCUT2D eigenvalue weighted by Crippen LogP contribution is -2.47. The summed E-state index contributed by atoms with van der Waals surface area (Å²) in [4.78, 5) is 15.5. The predicted octanol–water partition coefficient (Wildman–Crippen LogP) is 0.474. The molecule has 2 unspecified atom stereocenters. The van der Waals surface area contributed by atoms with Gasteiger partial charge in [0.05, 0.1) is 0 Å². The second-order valence-electron chi connectivity index (χ2n) is 5.57. The molecule has 2 saturated heterocycles. The van der Waals surface area contributed by atoms with E-state index in [4.69, 9.17) is 0 Å². The molecule has 5 heteroatoms. The van der Waals surface area contributed by atoms with E-state index in [2.05, 4.69) is 15.5 Å². The molecule has 0 radical (unpaired) electrons. The molecule has 5 nitrogen and oxygen atoms in total. The minimum absolute atomic E-state index is 0.0116. The van der Waals surface area contributed by atoms with Crippen LogP contribution < -0.4 is 10.6 Å². The van der Waals surface area contributed by atoms with Gasteiger partial charge in [-0.25, -0.2) is 4.79 Å². The number of rotatable bonds is 4. The molecular formula is C13H26N4O. The van der Waals surface area contributed by atoms with Gasteiger partial charge in [-0.2, -0.15) is 0 Å². The number of carbonyl (C=O) groups excluding carboxylic acids is 1. The first-order valence-corrected chi connectivity index (χ1v) is 7.11. The molecule has 0 saturated carbocycles. The van der Waals surface area contributed by atoms with E-state index in [0.29, 0.717) is 12.6 Å². The molecule has 0 bridgehead atoms. The lowest BCUT2D eigenvalue weighted by molar-refractivity contribution is 0.180. The van der Waals surface area contributed by atoms with Crippen LogP contribution in [-0.4, -0.2) is 68.2 Å². The Labute approximate surface area is 110 Å². The Morgan fingerprint density at radius 2 is 2.06 bits per heavy atom. The summed E-state index contributed by atoms with van der Waals surface area (Å²) in [7, 11) is 3.53. The second-order valence-corrected chi connectivity index (χ2v) is 5.57. The summed E-state index contributed by atoms with van der Waals surface area (Å²) in [5.74, 6) is 0. The van der Waals surface area contributed by atoms with Gasteiger partial charge >= 0.3 is 6.03 Å². The smallest absolute Gasteiger partial charge is 0.316 e. The van der Waals surface area contributed by atoms with Crippen LogP contribution in [0.15, 0.2) is 0 Å². The van der Waals surface area contributed by atoms with Crippen molar-refractivity contribution in [3.05, 3.63) is 0 Å². The van der Waals surface area contributed by atoms with E-state index in [-0.39, 0.29) is 6.03 Å². The third-order valence-electron chi connectivity index (χ3n) is 4.07. The minimum atomic E-state index is -0.0116. The monoisotopic (exact) mass is 254 g/mol. The van der Waals surface area contributed by atoms with Gasteiger partial charge in [-0.15, -0.1) is 0 Å². The zero-order chi connectivity index (χ0) is 13.0. The van der Waals surface area contributed by atoms with E-state index in [1.807, 2.05) is 0 Å². The number of carbonyl (C=O) groups is 1. The van der Waals surface area contributed by atoms with Gasteiger partial charge < -0.3 is 15.5 Å². The number of fused-ring (bicyclic) bond motifs is 1. The highest BCUT2D eigenvalue weighted by atomic mass is 16.2. The summed E-state index contributed by atoms with van der Waals surface area (Å²) in [6, 6.07) is 1.35. The topological polar surface area (TPSA) is 47.6 Å². The highest BCUT2D eigenvalue weighted by molar-refractivity contribution is 5.73. The van der Waals surface area contributed by atoms with E-state index in [0.717, 1.165) is 12.6 Å². The van der Waals surface area contributed by atoms with E-state index in [9.17, 15) is 4.79 Å². The molecular weight excluding hydrogens is 228 g/mol. The first-order chi connectivity index (χ1) is 8.68. The maximum atomic E-state index is 11.3. The largest absolute Gasteiger partial charge is 0.337 e. The number of amides is 2. The first-order valence-electron chi connectivity index (χ1n) is 7.11. The van der Waals surface area contributed by atoms with Crippen LogP contribution in [0.1, 0.15) is 25.7 Å². The standard InChI is InChI=1S/C13H26N4O/c1-16(2)13(18)15-8-7-14-11-6-10-17-9-4-3-5-12(11)17/h11-12,14H,3-10H2,1-2H3,(H,15,18). The van der Waals surface area contributed by atoms with Crippen LogP contribution in [0.5, 0.6) is 0 Å². The molecule has 2 amide bonds. The molecule has 2 aliphatic rings. The molecule has 0 spiro atoms. The molecule has 2 fully saturated rings. The highest BCUT2D eigenvalue weighted by Gasteiger charge is 2.34. The Kier molecular flexibility index (Phi) is 4.83. The molecule has 0 aromatic heterocycles. The van der Waals surface area contributed by atoms with Crippen molar-refractivity contribution in [2.24, 2.45) is 0 Å². The van der Waals surface area contributed by atoms with Crippen molar-refractivity contribution in [3.63, 3.8) is 0 Å². The molecule has 2 heterocycles. The molecule has 0 aromatic carbocycles. The van der Waals surface area contributed by atoms with Crippen molar-refractivity contribution >= 4 is 6.03 Å². The van der Waals surface area contributed by atoms with Crippen molar-refractivity contribution in [3.8, 4) is 0 Å². The van der Waals surface area contributed by atoms with E-state index in [1.165, 1.54) is 38.8 Å². The van der Waals surface area contributed by atoms with Gasteiger partial charge in [0.1, 0.15) is 0 Å². The summed E-state index contributed by atoms with van der Waals surface area (Å²) < 4.78 is 0. The van der Waals surface area contributed by atoms with Crippen LogP contribution in [0.25, 0.3) is 0 Å². The average Bonchev–Trinajstić information content (AvgIpc) is 2.77. The van der Waals surface area contributed by atoms with Crippen LogP contribution in [-0.2, 0) is 0 Å². The Hall–Kier alpha value is -0.810. The zero-order valence-electron chi connectivity index (χ0n) is 11.6. The first kappa shape index (κ1) is 13.6. The minimum Gasteiger partial charge on any atom is -0.337 e. The third kappa shape index (κ3) is 3.36. The Morgan fingerprint density at radius 3 is 2.83 bits per heavy atom. The van der Waals surface area contributed by atoms with E-state index < -0.39 is 0 Å². The number of hydrogen-bond acceptors (Lipinski definition) is 3. The van der Waals surface area contributed by atoms with Crippen molar-refractivity contribution in [2.45, 2.75) is 37.8 Å². The van der Waals surface area contributed by atoms with E-state index in [1.54, 1.807) is 19.0 Å². The quantitative estimate of drug-likeness (QED) is 0.717. The van der Waals surface area contributed by atoms with Gasteiger partial charge in [-0.05, 0) is 25.8 Å². The number of urea groups is 1. The Bertz CT molecular complexity index is 282. The number of nitrogens with zero attached hydrogens (tertiary/aromatic N) is 2. The third-order valence-corrected chi connectivity index (χ3v) is 4.07. The van der Waals surface area contributed by atoms with Crippen molar-refractivity contribution in [1.82, 2.24) is 20.4 Å². The van der Waals surface area contributed by atoms with E-state index >= 15 is 0 Å². The van der Waals surface area contributed by atoms with Gasteiger partial charge in [0, 0.05) is 45.8 Å². The molecule has 2 atom stereocenters. The molecule has 2 rings (SSSR count). The number of nitrogens with one attached hydrogen (secondary N) is 2. The lowest BCUT2D eigenvalue weighted by Gasteiger charge is -2.32. The second kappa shape index (κ2) is 6.38. The van der Waals surface area contributed by atoms with Crippen LogP contribution in [0.4, 0.5) is 4.79 Å². The number of hydrogen-bond donors (Lipinski definition) is 2. The zero-order valence-corrected chi connectivity index (χ0v) is 11.6. The van der Waals surface area contributed by atoms with Crippen molar-refractivity contribution in [2.75, 3.05) is 40.3 Å².